The SMILES string of the molecule is Cc1cnn(C)c1C#N. The van der Waals surface area contributed by atoms with Crippen molar-refractivity contribution in [3.8, 4) is 6.07 Å². The van der Waals surface area contributed by atoms with Gasteiger partial charge in [-0.1, -0.05) is 0 Å². The lowest BCUT2D eigenvalue weighted by atomic mass is 10.3. The van der Waals surface area contributed by atoms with Crippen LogP contribution < -0.4 is 0 Å². The number of nitrogens with zero attached hydrogens (tertiary/aromatic N) is 3. The summed E-state index contributed by atoms with van der Waals surface area (Å²) in [4.78, 5) is 0. The molecule has 3 nitrogen and oxygen atoms in total. The Morgan fingerprint density at radius 3 is 2.67 bits per heavy atom. The van der Waals surface area contributed by atoms with Crippen molar-refractivity contribution in [3.63, 3.8) is 0 Å². The first-order chi connectivity index (χ1) is 4.25. The highest BCUT2D eigenvalue weighted by atomic mass is 15.3. The van der Waals surface area contributed by atoms with Crippen molar-refractivity contribution in [2.24, 2.45) is 7.05 Å². The third kappa shape index (κ3) is 0.789. The van der Waals surface area contributed by atoms with Crippen molar-refractivity contribution in [3.05, 3.63) is 17.5 Å². The van der Waals surface area contributed by atoms with E-state index < -0.39 is 0 Å². The van der Waals surface area contributed by atoms with E-state index in [2.05, 4.69) is 5.10 Å². The van der Waals surface area contributed by atoms with Crippen molar-refractivity contribution in [2.75, 3.05) is 0 Å². The molecular formula is C6H7N3. The van der Waals surface area contributed by atoms with Crippen LogP contribution in [-0.4, -0.2) is 9.78 Å². The Hall–Kier alpha value is -1.30. The Morgan fingerprint density at radius 2 is 2.44 bits per heavy atom. The van der Waals surface area contributed by atoms with Gasteiger partial charge in [-0.25, -0.2) is 0 Å². The minimum absolute atomic E-state index is 0.634. The maximum atomic E-state index is 8.48. The number of hydrogen-bond acceptors (Lipinski definition) is 2. The van der Waals surface area contributed by atoms with Crippen molar-refractivity contribution in [1.29, 1.82) is 5.26 Å². The molecule has 0 aromatic carbocycles. The van der Waals surface area contributed by atoms with Crippen molar-refractivity contribution in [2.45, 2.75) is 6.92 Å². The summed E-state index contributed by atoms with van der Waals surface area (Å²) in [5.41, 5.74) is 1.56. The van der Waals surface area contributed by atoms with E-state index in [0.717, 1.165) is 5.56 Å². The zero-order valence-corrected chi connectivity index (χ0v) is 5.42. The summed E-state index contributed by atoms with van der Waals surface area (Å²) in [6.45, 7) is 1.87. The summed E-state index contributed by atoms with van der Waals surface area (Å²) in [6.07, 6.45) is 1.68. The maximum absolute atomic E-state index is 8.48. The average molecular weight is 121 g/mol. The zero-order valence-electron chi connectivity index (χ0n) is 5.42. The molecule has 0 aliphatic heterocycles. The molecule has 0 amide bonds. The van der Waals surface area contributed by atoms with E-state index in [0.29, 0.717) is 5.69 Å². The normalized spacial score (nSPS) is 9.00. The summed E-state index contributed by atoms with van der Waals surface area (Å²) in [6, 6.07) is 2.04. The Kier molecular flexibility index (Phi) is 1.23. The van der Waals surface area contributed by atoms with Crippen LogP contribution >= 0.6 is 0 Å². The topological polar surface area (TPSA) is 41.6 Å². The molecule has 0 fully saturated rings. The second-order valence-corrected chi connectivity index (χ2v) is 1.91. The van der Waals surface area contributed by atoms with Crippen molar-refractivity contribution in [1.82, 2.24) is 9.78 Å². The summed E-state index contributed by atoms with van der Waals surface area (Å²) < 4.78 is 1.56. The standard InChI is InChI=1S/C6H7N3/c1-5-4-8-9(2)6(5)3-7/h4H,1-2H3. The molecule has 9 heavy (non-hydrogen) atoms. The number of aromatic nitrogens is 2. The van der Waals surface area contributed by atoms with Crippen LogP contribution in [0.15, 0.2) is 6.20 Å². The summed E-state index contributed by atoms with van der Waals surface area (Å²) >= 11 is 0. The van der Waals surface area contributed by atoms with Crippen LogP contribution in [0.4, 0.5) is 0 Å². The summed E-state index contributed by atoms with van der Waals surface area (Å²) in [7, 11) is 1.76. The van der Waals surface area contributed by atoms with Gasteiger partial charge < -0.3 is 0 Å². The molecule has 0 N–H and O–H groups in total. The Labute approximate surface area is 53.5 Å². The smallest absolute Gasteiger partial charge is 0.141 e. The molecule has 0 saturated heterocycles. The van der Waals surface area contributed by atoms with Crippen molar-refractivity contribution >= 4 is 0 Å². The molecule has 0 aliphatic carbocycles. The molecule has 0 saturated carbocycles. The average Bonchev–Trinajstić information content (AvgIpc) is 2.12. The minimum Gasteiger partial charge on any atom is -0.258 e. The van der Waals surface area contributed by atoms with E-state index in [9.17, 15) is 0 Å². The molecule has 1 aromatic heterocycles. The molecular weight excluding hydrogens is 114 g/mol. The highest BCUT2D eigenvalue weighted by Gasteiger charge is 1.99. The molecule has 0 bridgehead atoms. The lowest BCUT2D eigenvalue weighted by Gasteiger charge is -1.87. The van der Waals surface area contributed by atoms with E-state index in [4.69, 9.17) is 5.26 Å². The van der Waals surface area contributed by atoms with Gasteiger partial charge in [0.1, 0.15) is 11.8 Å². The van der Waals surface area contributed by atoms with E-state index in [1.54, 1.807) is 17.9 Å². The van der Waals surface area contributed by atoms with Gasteiger partial charge in [-0.15, -0.1) is 0 Å². The minimum atomic E-state index is 0.634. The van der Waals surface area contributed by atoms with Crippen LogP contribution in [-0.2, 0) is 7.05 Å². The Morgan fingerprint density at radius 1 is 1.78 bits per heavy atom. The van der Waals surface area contributed by atoms with Crippen LogP contribution in [0.3, 0.4) is 0 Å². The lowest BCUT2D eigenvalue weighted by Crippen LogP contribution is -1.93. The van der Waals surface area contributed by atoms with Gasteiger partial charge >= 0.3 is 0 Å². The van der Waals surface area contributed by atoms with Crippen molar-refractivity contribution < 1.29 is 0 Å². The van der Waals surface area contributed by atoms with E-state index >= 15 is 0 Å². The molecule has 1 aromatic rings. The Bertz CT molecular complexity index is 234. The third-order valence-electron chi connectivity index (χ3n) is 1.23. The van der Waals surface area contributed by atoms with Gasteiger partial charge in [0.05, 0.1) is 6.20 Å². The second-order valence-electron chi connectivity index (χ2n) is 1.91. The molecule has 0 unspecified atom stereocenters. The van der Waals surface area contributed by atoms with E-state index in [-0.39, 0.29) is 0 Å². The maximum Gasteiger partial charge on any atom is 0.141 e. The number of hydrogen-bond donors (Lipinski definition) is 0. The first-order valence-electron chi connectivity index (χ1n) is 2.64. The molecule has 0 spiro atoms. The monoisotopic (exact) mass is 121 g/mol. The van der Waals surface area contributed by atoms with Crippen LogP contribution in [0.5, 0.6) is 0 Å². The van der Waals surface area contributed by atoms with Crippen LogP contribution in [0.25, 0.3) is 0 Å². The van der Waals surface area contributed by atoms with Gasteiger partial charge in [0.2, 0.25) is 0 Å². The predicted octanol–water partition coefficient (Wildman–Crippen LogP) is 0.600. The quantitative estimate of drug-likeness (QED) is 0.504. The van der Waals surface area contributed by atoms with Crippen LogP contribution in [0.1, 0.15) is 11.3 Å². The highest BCUT2D eigenvalue weighted by Crippen LogP contribution is 2.01. The molecule has 0 radical (unpaired) electrons. The largest absolute Gasteiger partial charge is 0.258 e. The van der Waals surface area contributed by atoms with Gasteiger partial charge in [0.25, 0.3) is 0 Å². The highest BCUT2D eigenvalue weighted by molar-refractivity contribution is 5.27. The van der Waals surface area contributed by atoms with Gasteiger partial charge in [-0.2, -0.15) is 10.4 Å². The summed E-state index contributed by atoms with van der Waals surface area (Å²) in [5.74, 6) is 0. The summed E-state index contributed by atoms with van der Waals surface area (Å²) in [5, 5.41) is 12.4. The predicted molar refractivity (Wildman–Crippen MR) is 32.7 cm³/mol. The first-order valence-corrected chi connectivity index (χ1v) is 2.64. The second kappa shape index (κ2) is 1.90. The molecule has 3 heteroatoms. The van der Waals surface area contributed by atoms with E-state index in [1.165, 1.54) is 0 Å². The molecule has 0 atom stereocenters. The number of nitriles is 1. The zero-order chi connectivity index (χ0) is 6.85. The van der Waals surface area contributed by atoms with E-state index in [1.807, 2.05) is 13.0 Å². The fourth-order valence-electron chi connectivity index (χ4n) is 0.708. The van der Waals surface area contributed by atoms with Crippen LogP contribution in [0, 0.1) is 18.3 Å². The fourth-order valence-corrected chi connectivity index (χ4v) is 0.708. The van der Waals surface area contributed by atoms with Crippen LogP contribution in [0.2, 0.25) is 0 Å². The van der Waals surface area contributed by atoms with Gasteiger partial charge in [-0.3, -0.25) is 4.68 Å². The molecule has 46 valence electrons. The molecule has 1 rings (SSSR count). The molecule has 0 aliphatic rings. The van der Waals surface area contributed by atoms with Gasteiger partial charge in [0.15, 0.2) is 0 Å². The van der Waals surface area contributed by atoms with Gasteiger partial charge in [-0.05, 0) is 6.92 Å². The number of rotatable bonds is 0. The third-order valence-corrected chi connectivity index (χ3v) is 1.23. The fraction of sp³-hybridized carbons (Fsp3) is 0.333. The van der Waals surface area contributed by atoms with Gasteiger partial charge in [0, 0.05) is 12.6 Å². The lowest BCUT2D eigenvalue weighted by molar-refractivity contribution is 0.755. The molecule has 1 heterocycles. The first kappa shape index (κ1) is 5.83. The number of aryl methyl sites for hydroxylation is 2. The Balaban J connectivity index is 3.27.